The average Bonchev–Trinajstić information content (AvgIpc) is 1.89. The number of hydrogen-bond acceptors (Lipinski definition) is 4. The summed E-state index contributed by atoms with van der Waals surface area (Å²) in [6, 6.07) is 0. The maximum absolute atomic E-state index is 5.15. The summed E-state index contributed by atoms with van der Waals surface area (Å²) >= 11 is 0. The van der Waals surface area contributed by atoms with E-state index < -0.39 is 0 Å². The van der Waals surface area contributed by atoms with Crippen molar-refractivity contribution < 1.29 is 9.57 Å². The predicted octanol–water partition coefficient (Wildman–Crippen LogP) is 0.332. The van der Waals surface area contributed by atoms with Crippen LogP contribution < -0.4 is 5.73 Å². The van der Waals surface area contributed by atoms with Crippen LogP contribution in [0.25, 0.3) is 0 Å². The summed E-state index contributed by atoms with van der Waals surface area (Å²) in [6.45, 7) is 5.15. The van der Waals surface area contributed by atoms with Gasteiger partial charge in [-0.15, -0.1) is 0 Å². The fourth-order valence-electron chi connectivity index (χ4n) is 0.424. The van der Waals surface area contributed by atoms with E-state index in [1.165, 1.54) is 0 Å². The predicted molar refractivity (Wildman–Crippen MR) is 39.7 cm³/mol. The molecular weight excluding hydrogens is 132 g/mol. The Balaban J connectivity index is 3.28. The van der Waals surface area contributed by atoms with Gasteiger partial charge in [0.25, 0.3) is 0 Å². The highest BCUT2D eigenvalue weighted by Crippen LogP contribution is 1.82. The third kappa shape index (κ3) is 5.37. The molecule has 0 rings (SSSR count). The molecule has 0 spiro atoms. The monoisotopic (exact) mass is 146 g/mol. The van der Waals surface area contributed by atoms with Crippen LogP contribution in [0.4, 0.5) is 0 Å². The topological polar surface area (TPSA) is 56.8 Å². The first-order valence-electron chi connectivity index (χ1n) is 3.30. The molecule has 60 valence electrons. The van der Waals surface area contributed by atoms with Crippen LogP contribution in [0.1, 0.15) is 13.8 Å². The van der Waals surface area contributed by atoms with E-state index in [1.54, 1.807) is 6.92 Å². The van der Waals surface area contributed by atoms with Crippen LogP contribution in [-0.4, -0.2) is 25.7 Å². The summed E-state index contributed by atoms with van der Waals surface area (Å²) in [5.41, 5.74) is 5.15. The van der Waals surface area contributed by atoms with Gasteiger partial charge in [-0.25, -0.2) is 0 Å². The van der Waals surface area contributed by atoms with Gasteiger partial charge in [-0.05, 0) is 6.92 Å². The summed E-state index contributed by atoms with van der Waals surface area (Å²) in [5.74, 6) is 0.538. The number of oxime groups is 1. The molecule has 0 radical (unpaired) electrons. The van der Waals surface area contributed by atoms with E-state index in [4.69, 9.17) is 15.3 Å². The summed E-state index contributed by atoms with van der Waals surface area (Å²) in [7, 11) is 0. The van der Waals surface area contributed by atoms with Gasteiger partial charge < -0.3 is 15.3 Å². The lowest BCUT2D eigenvalue weighted by Crippen LogP contribution is -2.07. The van der Waals surface area contributed by atoms with Gasteiger partial charge in [-0.3, -0.25) is 0 Å². The lowest BCUT2D eigenvalue weighted by Gasteiger charge is -2.00. The fraction of sp³-hybridized carbons (Fsp3) is 0.833. The van der Waals surface area contributed by atoms with E-state index in [9.17, 15) is 0 Å². The molecule has 0 heterocycles. The highest BCUT2D eigenvalue weighted by atomic mass is 16.6. The largest absolute Gasteiger partial charge is 0.479 e. The minimum atomic E-state index is 0.435. The molecule has 0 saturated heterocycles. The zero-order valence-electron chi connectivity index (χ0n) is 6.46. The second-order valence-corrected chi connectivity index (χ2v) is 1.67. The molecule has 0 atom stereocenters. The Labute approximate surface area is 61.0 Å². The van der Waals surface area contributed by atoms with Crippen molar-refractivity contribution in [1.29, 1.82) is 0 Å². The van der Waals surface area contributed by atoms with Crippen molar-refractivity contribution in [2.24, 2.45) is 10.9 Å². The first-order chi connectivity index (χ1) is 4.81. The summed E-state index contributed by atoms with van der Waals surface area (Å²) in [6.07, 6.45) is 0. The Morgan fingerprint density at radius 1 is 1.60 bits per heavy atom. The van der Waals surface area contributed by atoms with Crippen molar-refractivity contribution in [3.05, 3.63) is 0 Å². The van der Waals surface area contributed by atoms with Crippen LogP contribution in [0, 0.1) is 0 Å². The van der Waals surface area contributed by atoms with Gasteiger partial charge in [0.2, 0.25) is 5.90 Å². The molecule has 10 heavy (non-hydrogen) atoms. The molecule has 0 aromatic rings. The van der Waals surface area contributed by atoms with Crippen molar-refractivity contribution in [1.82, 2.24) is 0 Å². The van der Waals surface area contributed by atoms with Gasteiger partial charge in [0.1, 0.15) is 6.61 Å². The van der Waals surface area contributed by atoms with Gasteiger partial charge in [-0.2, -0.15) is 0 Å². The smallest absolute Gasteiger partial charge is 0.222 e. The first kappa shape index (κ1) is 9.23. The Bertz CT molecular complexity index is 104. The lowest BCUT2D eigenvalue weighted by molar-refractivity contribution is 0.139. The van der Waals surface area contributed by atoms with Gasteiger partial charge in [0.15, 0.2) is 0 Å². The second-order valence-electron chi connectivity index (χ2n) is 1.67. The maximum atomic E-state index is 5.15. The highest BCUT2D eigenvalue weighted by Gasteiger charge is 1.87. The third-order valence-corrected chi connectivity index (χ3v) is 0.755. The minimum Gasteiger partial charge on any atom is -0.479 e. The number of nitrogens with two attached hydrogens (primary N) is 1. The van der Waals surface area contributed by atoms with Crippen molar-refractivity contribution in [3.8, 4) is 0 Å². The van der Waals surface area contributed by atoms with Crippen molar-refractivity contribution in [2.75, 3.05) is 19.8 Å². The SMILES string of the molecule is CCO/C(C)=N/OCCN. The first-order valence-corrected chi connectivity index (χ1v) is 3.30. The molecule has 0 aliphatic rings. The molecular formula is C6H14N2O2. The lowest BCUT2D eigenvalue weighted by atomic mass is 10.7. The minimum absolute atomic E-state index is 0.435. The van der Waals surface area contributed by atoms with E-state index in [0.29, 0.717) is 25.7 Å². The van der Waals surface area contributed by atoms with Gasteiger partial charge in [-0.1, -0.05) is 5.16 Å². The second kappa shape index (κ2) is 6.35. The summed E-state index contributed by atoms with van der Waals surface area (Å²) < 4.78 is 4.97. The zero-order chi connectivity index (χ0) is 7.82. The van der Waals surface area contributed by atoms with Crippen LogP contribution in [0.5, 0.6) is 0 Å². The van der Waals surface area contributed by atoms with Gasteiger partial charge >= 0.3 is 0 Å². The summed E-state index contributed by atoms with van der Waals surface area (Å²) in [4.78, 5) is 4.74. The van der Waals surface area contributed by atoms with Crippen LogP contribution in [0.3, 0.4) is 0 Å². The Morgan fingerprint density at radius 2 is 2.30 bits per heavy atom. The number of hydrogen-bond donors (Lipinski definition) is 1. The van der Waals surface area contributed by atoms with E-state index >= 15 is 0 Å². The average molecular weight is 146 g/mol. The van der Waals surface area contributed by atoms with Crippen molar-refractivity contribution >= 4 is 5.90 Å². The van der Waals surface area contributed by atoms with E-state index in [0.717, 1.165) is 0 Å². The van der Waals surface area contributed by atoms with E-state index in [1.807, 2.05) is 6.92 Å². The number of rotatable bonds is 4. The maximum Gasteiger partial charge on any atom is 0.222 e. The molecule has 0 bridgehead atoms. The number of ether oxygens (including phenoxy) is 1. The fourth-order valence-corrected chi connectivity index (χ4v) is 0.424. The Kier molecular flexibility index (Phi) is 5.86. The standard InChI is InChI=1S/C6H14N2O2/c1-3-9-6(2)8-10-5-4-7/h3-5,7H2,1-2H3/b8-6+. The zero-order valence-corrected chi connectivity index (χ0v) is 6.46. The Hall–Kier alpha value is -0.770. The molecule has 0 amide bonds. The molecule has 0 fully saturated rings. The van der Waals surface area contributed by atoms with Gasteiger partial charge in [0.05, 0.1) is 6.61 Å². The van der Waals surface area contributed by atoms with Crippen molar-refractivity contribution in [2.45, 2.75) is 13.8 Å². The number of nitrogens with zero attached hydrogens (tertiary/aromatic N) is 1. The van der Waals surface area contributed by atoms with E-state index in [-0.39, 0.29) is 0 Å². The van der Waals surface area contributed by atoms with Crippen LogP contribution >= 0.6 is 0 Å². The van der Waals surface area contributed by atoms with Gasteiger partial charge in [0, 0.05) is 13.5 Å². The molecule has 0 unspecified atom stereocenters. The molecule has 0 saturated carbocycles. The third-order valence-electron chi connectivity index (χ3n) is 0.755. The molecule has 0 aliphatic carbocycles. The molecule has 4 heteroatoms. The normalized spacial score (nSPS) is 11.3. The van der Waals surface area contributed by atoms with Crippen molar-refractivity contribution in [3.63, 3.8) is 0 Å². The Morgan fingerprint density at radius 3 is 2.80 bits per heavy atom. The molecule has 0 aromatic carbocycles. The highest BCUT2D eigenvalue weighted by molar-refractivity contribution is 5.72. The summed E-state index contributed by atoms with van der Waals surface area (Å²) in [5, 5.41) is 3.62. The molecule has 0 aromatic heterocycles. The quantitative estimate of drug-likeness (QED) is 0.269. The van der Waals surface area contributed by atoms with Crippen LogP contribution in [0.15, 0.2) is 5.16 Å². The van der Waals surface area contributed by atoms with Crippen LogP contribution in [-0.2, 0) is 9.57 Å². The van der Waals surface area contributed by atoms with E-state index in [2.05, 4.69) is 5.16 Å². The molecule has 2 N–H and O–H groups in total. The molecule has 4 nitrogen and oxygen atoms in total. The van der Waals surface area contributed by atoms with Crippen LogP contribution in [0.2, 0.25) is 0 Å². The molecule has 0 aliphatic heterocycles.